The van der Waals surface area contributed by atoms with Crippen LogP contribution in [0.2, 0.25) is 0 Å². The van der Waals surface area contributed by atoms with Crippen LogP contribution in [0.25, 0.3) is 0 Å². The molecule has 1 aromatic heterocycles. The van der Waals surface area contributed by atoms with Crippen LogP contribution in [0.3, 0.4) is 0 Å². The van der Waals surface area contributed by atoms with Gasteiger partial charge < -0.3 is 10.4 Å². The molecule has 0 radical (unpaired) electrons. The second-order valence-electron chi connectivity index (χ2n) is 8.54. The van der Waals surface area contributed by atoms with Crippen LogP contribution in [0.5, 0.6) is 0 Å². The van der Waals surface area contributed by atoms with Crippen LogP contribution in [0.4, 0.5) is 9.39 Å². The first-order valence-electron chi connectivity index (χ1n) is 11.4. The number of nitrogens with one attached hydrogen (secondary N) is 2. The van der Waals surface area contributed by atoms with Crippen molar-refractivity contribution in [2.75, 3.05) is 18.4 Å². The molecule has 0 atom stereocenters. The number of hydrogen-bond donors (Lipinski definition) is 3. The van der Waals surface area contributed by atoms with E-state index in [0.717, 1.165) is 31.5 Å². The zero-order valence-corrected chi connectivity index (χ0v) is 20.1. The Morgan fingerprint density at radius 3 is 2.71 bits per heavy atom. The Kier molecular flexibility index (Phi) is 8.02. The van der Waals surface area contributed by atoms with Crippen molar-refractivity contribution in [2.45, 2.75) is 32.4 Å². The predicted octanol–water partition coefficient (Wildman–Crippen LogP) is 4.17. The van der Waals surface area contributed by atoms with Crippen molar-refractivity contribution in [2.24, 2.45) is 5.10 Å². The molecule has 1 saturated heterocycles. The molecule has 4 rings (SSSR count). The van der Waals surface area contributed by atoms with Crippen LogP contribution < -0.4 is 10.7 Å². The number of hydrogen-bond acceptors (Lipinski definition) is 6. The van der Waals surface area contributed by atoms with Gasteiger partial charge in [0.2, 0.25) is 0 Å². The highest BCUT2D eigenvalue weighted by Crippen LogP contribution is 2.28. The van der Waals surface area contributed by atoms with Gasteiger partial charge in [0, 0.05) is 25.2 Å². The van der Waals surface area contributed by atoms with E-state index in [1.807, 2.05) is 18.2 Å². The molecule has 35 heavy (non-hydrogen) atoms. The third-order valence-electron chi connectivity index (χ3n) is 5.81. The SMILES string of the molecule is Cc1csc(NC(=O)c2cccc(CN3CCC(O)CC3)c2)c1C(=O)NN=Cc1cccc(F)c1. The van der Waals surface area contributed by atoms with Crippen molar-refractivity contribution < 1.29 is 19.1 Å². The van der Waals surface area contributed by atoms with Gasteiger partial charge in [-0.05, 0) is 66.1 Å². The summed E-state index contributed by atoms with van der Waals surface area (Å²) >= 11 is 1.27. The number of aryl methyl sites for hydroxylation is 1. The minimum Gasteiger partial charge on any atom is -0.393 e. The first-order valence-corrected chi connectivity index (χ1v) is 12.2. The molecule has 0 spiro atoms. The number of carbonyl (C=O) groups excluding carboxylic acids is 2. The number of halogens is 1. The number of anilines is 1. The quantitative estimate of drug-likeness (QED) is 0.340. The van der Waals surface area contributed by atoms with Gasteiger partial charge in [0.25, 0.3) is 11.8 Å². The summed E-state index contributed by atoms with van der Waals surface area (Å²) in [5.41, 5.74) is 5.52. The third-order valence-corrected chi connectivity index (χ3v) is 6.82. The number of carbonyl (C=O) groups is 2. The van der Waals surface area contributed by atoms with Gasteiger partial charge in [-0.25, -0.2) is 9.82 Å². The number of nitrogens with zero attached hydrogens (tertiary/aromatic N) is 2. The molecular weight excluding hydrogens is 467 g/mol. The summed E-state index contributed by atoms with van der Waals surface area (Å²) in [4.78, 5) is 28.0. The van der Waals surface area contributed by atoms with E-state index in [1.54, 1.807) is 30.5 Å². The number of rotatable bonds is 7. The van der Waals surface area contributed by atoms with Gasteiger partial charge in [-0.1, -0.05) is 24.3 Å². The van der Waals surface area contributed by atoms with E-state index in [9.17, 15) is 19.1 Å². The molecular formula is C26H27FN4O3S. The molecule has 0 saturated carbocycles. The summed E-state index contributed by atoms with van der Waals surface area (Å²) in [7, 11) is 0. The van der Waals surface area contributed by atoms with Crippen LogP contribution >= 0.6 is 11.3 Å². The van der Waals surface area contributed by atoms with Gasteiger partial charge in [-0.3, -0.25) is 14.5 Å². The fraction of sp³-hybridized carbons (Fsp3) is 0.269. The first kappa shape index (κ1) is 24.7. The largest absolute Gasteiger partial charge is 0.393 e. The van der Waals surface area contributed by atoms with E-state index in [-0.39, 0.29) is 12.0 Å². The topological polar surface area (TPSA) is 94.0 Å². The number of thiophene rings is 1. The Balaban J connectivity index is 1.41. The summed E-state index contributed by atoms with van der Waals surface area (Å²) in [6, 6.07) is 13.3. The van der Waals surface area contributed by atoms with E-state index in [0.29, 0.717) is 33.8 Å². The number of likely N-dealkylation sites (tertiary alicyclic amines) is 1. The summed E-state index contributed by atoms with van der Waals surface area (Å²) in [6.07, 6.45) is 2.65. The number of amides is 2. The smallest absolute Gasteiger partial charge is 0.274 e. The van der Waals surface area contributed by atoms with Crippen molar-refractivity contribution in [1.29, 1.82) is 0 Å². The van der Waals surface area contributed by atoms with Crippen molar-refractivity contribution in [3.63, 3.8) is 0 Å². The van der Waals surface area contributed by atoms with Gasteiger partial charge in [0.1, 0.15) is 10.8 Å². The highest BCUT2D eigenvalue weighted by atomic mass is 32.1. The second kappa shape index (κ2) is 11.4. The third kappa shape index (κ3) is 6.60. The summed E-state index contributed by atoms with van der Waals surface area (Å²) in [6.45, 7) is 4.15. The fourth-order valence-corrected chi connectivity index (χ4v) is 4.88. The van der Waals surface area contributed by atoms with Crippen molar-refractivity contribution in [3.8, 4) is 0 Å². The zero-order chi connectivity index (χ0) is 24.8. The minimum atomic E-state index is -0.465. The highest BCUT2D eigenvalue weighted by Gasteiger charge is 2.20. The van der Waals surface area contributed by atoms with Gasteiger partial charge >= 0.3 is 0 Å². The monoisotopic (exact) mass is 494 g/mol. The van der Waals surface area contributed by atoms with Crippen LogP contribution in [0.1, 0.15) is 50.2 Å². The number of hydrazone groups is 1. The van der Waals surface area contributed by atoms with Crippen LogP contribution in [0.15, 0.2) is 59.0 Å². The molecule has 182 valence electrons. The Labute approximate surface area is 207 Å². The Hall–Kier alpha value is -3.40. The second-order valence-corrected chi connectivity index (χ2v) is 9.42. The number of benzene rings is 2. The minimum absolute atomic E-state index is 0.226. The summed E-state index contributed by atoms with van der Waals surface area (Å²) in [5.74, 6) is -1.16. The van der Waals surface area contributed by atoms with E-state index in [4.69, 9.17) is 0 Å². The number of aliphatic hydroxyl groups is 1. The normalized spacial score (nSPS) is 14.8. The van der Waals surface area contributed by atoms with E-state index in [2.05, 4.69) is 20.7 Å². The molecule has 2 heterocycles. The van der Waals surface area contributed by atoms with Crippen LogP contribution in [-0.4, -0.2) is 47.2 Å². The lowest BCUT2D eigenvalue weighted by Gasteiger charge is -2.29. The summed E-state index contributed by atoms with van der Waals surface area (Å²) in [5, 5.41) is 18.7. The lowest BCUT2D eigenvalue weighted by atomic mass is 10.1. The molecule has 1 aliphatic heterocycles. The summed E-state index contributed by atoms with van der Waals surface area (Å²) < 4.78 is 13.3. The van der Waals surface area contributed by atoms with Crippen molar-refractivity contribution >= 4 is 34.4 Å². The molecule has 1 fully saturated rings. The highest BCUT2D eigenvalue weighted by molar-refractivity contribution is 7.15. The van der Waals surface area contributed by atoms with Crippen LogP contribution in [-0.2, 0) is 6.54 Å². The molecule has 7 nitrogen and oxygen atoms in total. The lowest BCUT2D eigenvalue weighted by Crippen LogP contribution is -2.35. The molecule has 2 aromatic carbocycles. The van der Waals surface area contributed by atoms with Gasteiger partial charge in [0.15, 0.2) is 0 Å². The maximum atomic E-state index is 13.3. The van der Waals surface area contributed by atoms with Gasteiger partial charge in [-0.2, -0.15) is 5.10 Å². The average molecular weight is 495 g/mol. The predicted molar refractivity (Wildman–Crippen MR) is 135 cm³/mol. The van der Waals surface area contributed by atoms with E-state index in [1.165, 1.54) is 29.7 Å². The van der Waals surface area contributed by atoms with E-state index >= 15 is 0 Å². The standard InChI is InChI=1S/C26H27FN4O3S/c1-17-16-35-26(23(17)25(34)30-28-14-18-4-3-7-21(27)13-18)29-24(33)20-6-2-5-19(12-20)15-31-10-8-22(32)9-11-31/h2-7,12-14,16,22,32H,8-11,15H2,1H3,(H,29,33)(H,30,34). The fourth-order valence-electron chi connectivity index (χ4n) is 3.95. The Morgan fingerprint density at radius 2 is 1.94 bits per heavy atom. The lowest BCUT2D eigenvalue weighted by molar-refractivity contribution is 0.0792. The number of aliphatic hydroxyl groups excluding tert-OH is 1. The van der Waals surface area contributed by atoms with Gasteiger partial charge in [-0.15, -0.1) is 11.3 Å². The molecule has 3 aromatic rings. The molecule has 0 aliphatic carbocycles. The molecule has 1 aliphatic rings. The van der Waals surface area contributed by atoms with Crippen LogP contribution in [0, 0.1) is 12.7 Å². The molecule has 0 unspecified atom stereocenters. The maximum absolute atomic E-state index is 13.3. The Bertz CT molecular complexity index is 1230. The number of piperidine rings is 1. The Morgan fingerprint density at radius 1 is 1.17 bits per heavy atom. The zero-order valence-electron chi connectivity index (χ0n) is 19.3. The van der Waals surface area contributed by atoms with Crippen molar-refractivity contribution in [1.82, 2.24) is 10.3 Å². The van der Waals surface area contributed by atoms with Gasteiger partial charge in [0.05, 0.1) is 17.9 Å². The van der Waals surface area contributed by atoms with E-state index < -0.39 is 11.7 Å². The average Bonchev–Trinajstić information content (AvgIpc) is 3.20. The first-order chi connectivity index (χ1) is 16.9. The maximum Gasteiger partial charge on any atom is 0.274 e. The molecule has 9 heteroatoms. The van der Waals surface area contributed by atoms with Crippen molar-refractivity contribution in [3.05, 3.63) is 87.5 Å². The molecule has 0 bridgehead atoms. The molecule has 3 N–H and O–H groups in total. The molecule has 2 amide bonds.